The summed E-state index contributed by atoms with van der Waals surface area (Å²) in [6.07, 6.45) is 0. The number of carbonyl (C=O) groups is 1. The van der Waals surface area contributed by atoms with Crippen LogP contribution >= 0.6 is 46.3 Å². The molecule has 2 aromatic heterocycles. The van der Waals surface area contributed by atoms with Gasteiger partial charge in [-0.15, -0.1) is 21.5 Å². The molecule has 9 heteroatoms. The molecular weight excluding hydrogens is 452 g/mol. The van der Waals surface area contributed by atoms with Gasteiger partial charge in [0.15, 0.2) is 16.8 Å². The average molecular weight is 464 g/mol. The minimum Gasteiger partial charge on any atom is -0.292 e. The van der Waals surface area contributed by atoms with Crippen LogP contribution in [0.4, 0.5) is 4.39 Å². The van der Waals surface area contributed by atoms with Crippen LogP contribution in [0.15, 0.2) is 65.8 Å². The molecule has 2 aromatic carbocycles. The number of hydrogen-bond donors (Lipinski definition) is 0. The number of ketones is 1. The van der Waals surface area contributed by atoms with E-state index in [0.29, 0.717) is 30.8 Å². The van der Waals surface area contributed by atoms with Crippen molar-refractivity contribution in [1.82, 2.24) is 14.8 Å². The Morgan fingerprint density at radius 2 is 1.79 bits per heavy atom. The van der Waals surface area contributed by atoms with E-state index < -0.39 is 5.82 Å². The highest BCUT2D eigenvalue weighted by Crippen LogP contribution is 2.33. The lowest BCUT2D eigenvalue weighted by Crippen LogP contribution is -2.05. The van der Waals surface area contributed by atoms with E-state index in [1.807, 2.05) is 6.07 Å². The van der Waals surface area contributed by atoms with Gasteiger partial charge in [-0.1, -0.05) is 59.2 Å². The van der Waals surface area contributed by atoms with Gasteiger partial charge in [-0.25, -0.2) is 4.39 Å². The topological polar surface area (TPSA) is 47.8 Å². The Balaban J connectivity index is 1.74. The van der Waals surface area contributed by atoms with E-state index >= 15 is 0 Å². The van der Waals surface area contributed by atoms with E-state index in [4.69, 9.17) is 23.2 Å². The molecule has 0 aliphatic carbocycles. The molecule has 0 unspecified atom stereocenters. The molecule has 4 aromatic rings. The van der Waals surface area contributed by atoms with Crippen LogP contribution in [0.2, 0.25) is 9.36 Å². The molecule has 0 amide bonds. The van der Waals surface area contributed by atoms with Gasteiger partial charge < -0.3 is 0 Å². The number of carbonyl (C=O) groups excluding carboxylic acids is 1. The van der Waals surface area contributed by atoms with Gasteiger partial charge in [0.05, 0.1) is 25.7 Å². The van der Waals surface area contributed by atoms with Gasteiger partial charge in [0.25, 0.3) is 0 Å². The third-order valence-corrected chi connectivity index (χ3v) is 6.55. The number of rotatable bonds is 6. The van der Waals surface area contributed by atoms with Gasteiger partial charge >= 0.3 is 0 Å². The normalized spacial score (nSPS) is 11.0. The predicted molar refractivity (Wildman–Crippen MR) is 116 cm³/mol. The number of hydrogen-bond acceptors (Lipinski definition) is 5. The molecule has 0 spiro atoms. The number of thioether (sulfide) groups is 1. The van der Waals surface area contributed by atoms with Crippen molar-refractivity contribution in [2.45, 2.75) is 5.16 Å². The van der Waals surface area contributed by atoms with Crippen LogP contribution in [0.1, 0.15) is 9.67 Å². The summed E-state index contributed by atoms with van der Waals surface area (Å²) in [5, 5.41) is 9.29. The van der Waals surface area contributed by atoms with Crippen LogP contribution in [0, 0.1) is 5.82 Å². The highest BCUT2D eigenvalue weighted by atomic mass is 35.5. The SMILES string of the molecule is O=C(CSc1nnc(-c2ccccc2Cl)n1-c1ccccc1F)c1ccc(Cl)s1. The first-order chi connectivity index (χ1) is 14.0. The molecule has 2 heterocycles. The molecule has 0 atom stereocenters. The number of benzene rings is 2. The lowest BCUT2D eigenvalue weighted by Gasteiger charge is -2.11. The molecule has 0 N–H and O–H groups in total. The lowest BCUT2D eigenvalue weighted by molar-refractivity contribution is 0.102. The first-order valence-electron chi connectivity index (χ1n) is 8.41. The molecule has 4 rings (SSSR count). The van der Waals surface area contributed by atoms with Crippen molar-refractivity contribution in [2.24, 2.45) is 0 Å². The van der Waals surface area contributed by atoms with Gasteiger partial charge in [-0.2, -0.15) is 0 Å². The maximum atomic E-state index is 14.6. The largest absolute Gasteiger partial charge is 0.292 e. The molecule has 0 bridgehead atoms. The fraction of sp³-hybridized carbons (Fsp3) is 0.0500. The van der Waals surface area contributed by atoms with Crippen LogP contribution < -0.4 is 0 Å². The Morgan fingerprint density at radius 1 is 1.03 bits per heavy atom. The second-order valence-corrected chi connectivity index (χ2v) is 8.95. The zero-order valence-corrected chi connectivity index (χ0v) is 17.8. The third kappa shape index (κ3) is 4.23. The lowest BCUT2D eigenvalue weighted by atomic mass is 10.2. The molecule has 4 nitrogen and oxygen atoms in total. The van der Waals surface area contributed by atoms with Crippen molar-refractivity contribution < 1.29 is 9.18 Å². The van der Waals surface area contributed by atoms with Gasteiger partial charge in [-0.3, -0.25) is 9.36 Å². The van der Waals surface area contributed by atoms with E-state index in [2.05, 4.69) is 10.2 Å². The van der Waals surface area contributed by atoms with E-state index in [0.717, 1.165) is 0 Å². The summed E-state index contributed by atoms with van der Waals surface area (Å²) < 4.78 is 16.7. The molecule has 0 fully saturated rings. The smallest absolute Gasteiger partial charge is 0.196 e. The van der Waals surface area contributed by atoms with Crippen LogP contribution in [0.25, 0.3) is 17.1 Å². The third-order valence-electron chi connectivity index (χ3n) is 4.02. The number of halogens is 3. The number of para-hydroxylation sites is 1. The summed E-state index contributed by atoms with van der Waals surface area (Å²) >= 11 is 14.6. The standard InChI is InChI=1S/C20H12Cl2FN3OS2/c21-13-6-2-1-5-12(13)19-24-25-20(26(19)15-8-4-3-7-14(15)23)28-11-16(27)17-9-10-18(22)29-17/h1-10H,11H2. The van der Waals surface area contributed by atoms with Crippen LogP contribution in [0.5, 0.6) is 0 Å². The van der Waals surface area contributed by atoms with Gasteiger partial charge in [0.1, 0.15) is 5.82 Å². The Kier molecular flexibility index (Phi) is 6.01. The average Bonchev–Trinajstić information content (AvgIpc) is 3.33. The van der Waals surface area contributed by atoms with Crippen molar-refractivity contribution in [2.75, 3.05) is 5.75 Å². The molecule has 0 aliphatic heterocycles. The van der Waals surface area contributed by atoms with Crippen molar-refractivity contribution in [3.05, 3.63) is 80.7 Å². The number of Topliss-reactive ketones (excluding diaryl/α,β-unsaturated/α-hetero) is 1. The molecule has 146 valence electrons. The fourth-order valence-electron chi connectivity index (χ4n) is 2.70. The first kappa shape index (κ1) is 20.1. The fourth-order valence-corrected chi connectivity index (χ4v) is 4.82. The summed E-state index contributed by atoms with van der Waals surface area (Å²) in [6.45, 7) is 0. The monoisotopic (exact) mass is 463 g/mol. The summed E-state index contributed by atoms with van der Waals surface area (Å²) in [7, 11) is 0. The molecular formula is C20H12Cl2FN3OS2. The number of thiophene rings is 1. The van der Waals surface area contributed by atoms with Crippen molar-refractivity contribution in [3.63, 3.8) is 0 Å². The Hall–Kier alpha value is -2.19. The van der Waals surface area contributed by atoms with E-state index in [1.54, 1.807) is 53.1 Å². The van der Waals surface area contributed by atoms with E-state index in [-0.39, 0.29) is 17.2 Å². The van der Waals surface area contributed by atoms with E-state index in [1.165, 1.54) is 29.2 Å². The highest BCUT2D eigenvalue weighted by molar-refractivity contribution is 7.99. The van der Waals surface area contributed by atoms with Crippen molar-refractivity contribution in [3.8, 4) is 17.1 Å². The Labute approximate surface area is 184 Å². The summed E-state index contributed by atoms with van der Waals surface area (Å²) in [5.41, 5.74) is 0.898. The molecule has 0 saturated heterocycles. The Bertz CT molecular complexity index is 1190. The molecule has 0 aliphatic rings. The summed E-state index contributed by atoms with van der Waals surface area (Å²) in [5.74, 6) is -0.00529. The highest BCUT2D eigenvalue weighted by Gasteiger charge is 2.21. The molecule has 0 radical (unpaired) electrons. The number of nitrogens with zero attached hydrogens (tertiary/aromatic N) is 3. The van der Waals surface area contributed by atoms with E-state index in [9.17, 15) is 9.18 Å². The quantitative estimate of drug-likeness (QED) is 0.244. The maximum Gasteiger partial charge on any atom is 0.196 e. The zero-order chi connectivity index (χ0) is 20.4. The summed E-state index contributed by atoms with van der Waals surface area (Å²) in [6, 6.07) is 16.8. The second kappa shape index (κ2) is 8.67. The zero-order valence-electron chi connectivity index (χ0n) is 14.7. The van der Waals surface area contributed by atoms with Crippen molar-refractivity contribution >= 4 is 52.1 Å². The van der Waals surface area contributed by atoms with Gasteiger partial charge in [0.2, 0.25) is 0 Å². The van der Waals surface area contributed by atoms with Crippen LogP contribution in [0.3, 0.4) is 0 Å². The van der Waals surface area contributed by atoms with Gasteiger partial charge in [0, 0.05) is 5.56 Å². The van der Waals surface area contributed by atoms with Crippen LogP contribution in [-0.4, -0.2) is 26.3 Å². The van der Waals surface area contributed by atoms with Crippen LogP contribution in [-0.2, 0) is 0 Å². The number of aromatic nitrogens is 3. The minimum absolute atomic E-state index is 0.0886. The molecule has 29 heavy (non-hydrogen) atoms. The Morgan fingerprint density at radius 3 is 2.52 bits per heavy atom. The maximum absolute atomic E-state index is 14.6. The summed E-state index contributed by atoms with van der Waals surface area (Å²) in [4.78, 5) is 13.0. The minimum atomic E-state index is -0.432. The second-order valence-electron chi connectivity index (χ2n) is 5.89. The predicted octanol–water partition coefficient (Wildman–Crippen LogP) is 6.42. The van der Waals surface area contributed by atoms with Gasteiger partial charge in [-0.05, 0) is 36.4 Å². The van der Waals surface area contributed by atoms with Crippen molar-refractivity contribution in [1.29, 1.82) is 0 Å². The molecule has 0 saturated carbocycles. The first-order valence-corrected chi connectivity index (χ1v) is 11.0.